The number of amides is 3. The van der Waals surface area contributed by atoms with E-state index < -0.39 is 0 Å². The summed E-state index contributed by atoms with van der Waals surface area (Å²) in [6.07, 6.45) is 1.67. The Morgan fingerprint density at radius 3 is 2.59 bits per heavy atom. The molecule has 37 heavy (non-hydrogen) atoms. The van der Waals surface area contributed by atoms with Crippen molar-refractivity contribution < 1.29 is 19.1 Å². The van der Waals surface area contributed by atoms with Crippen molar-refractivity contribution in [1.82, 2.24) is 4.90 Å². The lowest BCUT2D eigenvalue weighted by atomic mass is 10.0. The summed E-state index contributed by atoms with van der Waals surface area (Å²) in [5.41, 5.74) is 3.38. The number of fused-ring (bicyclic) bond motifs is 1. The minimum atomic E-state index is -0.327. The minimum Gasteiger partial charge on any atom is -0.484 e. The smallest absolute Gasteiger partial charge is 0.293 e. The number of anilines is 1. The van der Waals surface area contributed by atoms with Crippen molar-refractivity contribution in [3.05, 3.63) is 113 Å². The molecule has 184 valence electrons. The first-order chi connectivity index (χ1) is 18.0. The molecule has 0 aromatic heterocycles. The molecule has 0 bridgehead atoms. The number of carbonyl (C=O) groups is 3. The molecule has 4 aromatic rings. The molecular formula is C30H24N2O4S. The zero-order valence-corrected chi connectivity index (χ0v) is 21.0. The van der Waals surface area contributed by atoms with Crippen LogP contribution in [-0.4, -0.2) is 28.6 Å². The summed E-state index contributed by atoms with van der Waals surface area (Å²) in [6.45, 7) is 2.01. The van der Waals surface area contributed by atoms with E-state index in [2.05, 4.69) is 5.32 Å². The van der Waals surface area contributed by atoms with E-state index in [1.807, 2.05) is 79.7 Å². The lowest BCUT2D eigenvalue weighted by Crippen LogP contribution is -2.27. The van der Waals surface area contributed by atoms with Gasteiger partial charge in [-0.2, -0.15) is 0 Å². The number of carbonyl (C=O) groups excluding carboxylic acids is 3. The van der Waals surface area contributed by atoms with Crippen molar-refractivity contribution in [2.75, 3.05) is 11.9 Å². The van der Waals surface area contributed by atoms with Crippen LogP contribution in [0.5, 0.6) is 5.75 Å². The van der Waals surface area contributed by atoms with Crippen molar-refractivity contribution in [3.8, 4) is 5.75 Å². The highest BCUT2D eigenvalue weighted by Crippen LogP contribution is 2.34. The SMILES string of the molecule is Cc1cccc(NC(=O)COc2cccc(/C=C3\SC(=O)N(Cc4cccc5ccccc45)C3=O)c2)c1. The quantitative estimate of drug-likeness (QED) is 0.292. The molecule has 4 aromatic carbocycles. The Bertz CT molecular complexity index is 1540. The molecule has 1 fully saturated rings. The average molecular weight is 509 g/mol. The molecule has 1 saturated heterocycles. The molecule has 0 spiro atoms. The summed E-state index contributed by atoms with van der Waals surface area (Å²) in [4.78, 5) is 39.7. The number of imide groups is 1. The van der Waals surface area contributed by atoms with E-state index in [1.54, 1.807) is 24.3 Å². The number of rotatable bonds is 7. The highest BCUT2D eigenvalue weighted by Gasteiger charge is 2.35. The van der Waals surface area contributed by atoms with Gasteiger partial charge < -0.3 is 10.1 Å². The van der Waals surface area contributed by atoms with Crippen LogP contribution < -0.4 is 10.1 Å². The van der Waals surface area contributed by atoms with E-state index in [-0.39, 0.29) is 30.2 Å². The lowest BCUT2D eigenvalue weighted by Gasteiger charge is -2.14. The van der Waals surface area contributed by atoms with Crippen LogP contribution in [0.3, 0.4) is 0 Å². The number of hydrogen-bond donors (Lipinski definition) is 1. The van der Waals surface area contributed by atoms with Crippen LogP contribution >= 0.6 is 11.8 Å². The number of nitrogens with zero attached hydrogens (tertiary/aromatic N) is 1. The second-order valence-corrected chi connectivity index (χ2v) is 9.68. The lowest BCUT2D eigenvalue weighted by molar-refractivity contribution is -0.123. The zero-order valence-electron chi connectivity index (χ0n) is 20.1. The fraction of sp³-hybridized carbons (Fsp3) is 0.100. The largest absolute Gasteiger partial charge is 0.484 e. The molecule has 6 nitrogen and oxygen atoms in total. The van der Waals surface area contributed by atoms with E-state index in [9.17, 15) is 14.4 Å². The summed E-state index contributed by atoms with van der Waals surface area (Å²) in [5.74, 6) is -0.111. The van der Waals surface area contributed by atoms with Crippen molar-refractivity contribution in [2.45, 2.75) is 13.5 Å². The van der Waals surface area contributed by atoms with Crippen LogP contribution in [0.2, 0.25) is 0 Å². The van der Waals surface area contributed by atoms with Crippen LogP contribution in [-0.2, 0) is 16.1 Å². The average Bonchev–Trinajstić information content (AvgIpc) is 3.15. The molecule has 0 saturated carbocycles. The van der Waals surface area contributed by atoms with E-state index in [0.29, 0.717) is 21.9 Å². The van der Waals surface area contributed by atoms with Gasteiger partial charge in [0.1, 0.15) is 5.75 Å². The molecular weight excluding hydrogens is 484 g/mol. The van der Waals surface area contributed by atoms with Crippen LogP contribution in [0.15, 0.2) is 95.9 Å². The molecule has 0 atom stereocenters. The van der Waals surface area contributed by atoms with E-state index >= 15 is 0 Å². The van der Waals surface area contributed by atoms with Crippen molar-refractivity contribution in [2.24, 2.45) is 0 Å². The predicted octanol–water partition coefficient (Wildman–Crippen LogP) is 6.40. The second-order valence-electron chi connectivity index (χ2n) is 8.68. The van der Waals surface area contributed by atoms with Gasteiger partial charge >= 0.3 is 0 Å². The Balaban J connectivity index is 1.25. The van der Waals surface area contributed by atoms with Gasteiger partial charge in [-0.1, -0.05) is 66.7 Å². The zero-order chi connectivity index (χ0) is 25.8. The van der Waals surface area contributed by atoms with Gasteiger partial charge in [0.25, 0.3) is 17.1 Å². The highest BCUT2D eigenvalue weighted by atomic mass is 32.2. The van der Waals surface area contributed by atoms with Gasteiger partial charge in [0.15, 0.2) is 6.61 Å². The molecule has 0 aliphatic carbocycles. The fourth-order valence-electron chi connectivity index (χ4n) is 4.15. The third-order valence-corrected chi connectivity index (χ3v) is 6.82. The van der Waals surface area contributed by atoms with Crippen molar-refractivity contribution >= 4 is 51.4 Å². The van der Waals surface area contributed by atoms with Crippen LogP contribution in [0.1, 0.15) is 16.7 Å². The van der Waals surface area contributed by atoms with Crippen LogP contribution in [0.25, 0.3) is 16.8 Å². The van der Waals surface area contributed by atoms with E-state index in [4.69, 9.17) is 4.74 Å². The monoisotopic (exact) mass is 508 g/mol. The van der Waals surface area contributed by atoms with Gasteiger partial charge in [0.2, 0.25) is 0 Å². The Labute approximate surface area is 218 Å². The number of hydrogen-bond acceptors (Lipinski definition) is 5. The van der Waals surface area contributed by atoms with Crippen LogP contribution in [0, 0.1) is 6.92 Å². The number of thioether (sulfide) groups is 1. The van der Waals surface area contributed by atoms with Gasteiger partial charge in [-0.3, -0.25) is 19.3 Å². The molecule has 3 amide bonds. The standard InChI is InChI=1S/C30H24N2O4S/c1-20-7-4-12-24(15-20)31-28(33)19-36-25-13-5-8-21(16-25)17-27-29(34)32(30(35)37-27)18-23-11-6-10-22-9-2-3-14-26(22)23/h2-17H,18-19H2,1H3,(H,31,33)/b27-17-. The summed E-state index contributed by atoms with van der Waals surface area (Å²) < 4.78 is 5.65. The topological polar surface area (TPSA) is 75.7 Å². The summed E-state index contributed by atoms with van der Waals surface area (Å²) in [5, 5.41) is 4.58. The van der Waals surface area contributed by atoms with Crippen molar-refractivity contribution in [3.63, 3.8) is 0 Å². The Kier molecular flexibility index (Phi) is 7.05. The fourth-order valence-corrected chi connectivity index (χ4v) is 4.99. The maximum Gasteiger partial charge on any atom is 0.293 e. The molecule has 0 unspecified atom stereocenters. The van der Waals surface area contributed by atoms with Gasteiger partial charge in [0.05, 0.1) is 11.4 Å². The molecule has 1 aliphatic rings. The van der Waals surface area contributed by atoms with E-state index in [1.165, 1.54) is 4.90 Å². The normalized spacial score (nSPS) is 14.4. The first-order valence-corrected chi connectivity index (χ1v) is 12.6. The predicted molar refractivity (Wildman–Crippen MR) is 147 cm³/mol. The highest BCUT2D eigenvalue weighted by molar-refractivity contribution is 8.18. The summed E-state index contributed by atoms with van der Waals surface area (Å²) in [6, 6.07) is 28.4. The molecule has 7 heteroatoms. The Morgan fingerprint density at radius 2 is 1.73 bits per heavy atom. The van der Waals surface area contributed by atoms with Gasteiger partial charge in [-0.25, -0.2) is 0 Å². The number of ether oxygens (including phenoxy) is 1. The molecule has 1 N–H and O–H groups in total. The van der Waals surface area contributed by atoms with Gasteiger partial charge in [-0.15, -0.1) is 0 Å². The third kappa shape index (κ3) is 5.73. The van der Waals surface area contributed by atoms with Gasteiger partial charge in [0, 0.05) is 5.69 Å². The Morgan fingerprint density at radius 1 is 0.946 bits per heavy atom. The van der Waals surface area contributed by atoms with E-state index in [0.717, 1.165) is 33.7 Å². The molecule has 5 rings (SSSR count). The maximum atomic E-state index is 13.1. The van der Waals surface area contributed by atoms with Gasteiger partial charge in [-0.05, 0) is 76.5 Å². The first-order valence-electron chi connectivity index (χ1n) is 11.8. The number of nitrogens with one attached hydrogen (secondary N) is 1. The first kappa shape index (κ1) is 24.3. The van der Waals surface area contributed by atoms with Crippen LogP contribution in [0.4, 0.5) is 10.5 Å². The Hall–Kier alpha value is -4.36. The minimum absolute atomic E-state index is 0.154. The third-order valence-electron chi connectivity index (χ3n) is 5.91. The van der Waals surface area contributed by atoms with Crippen molar-refractivity contribution in [1.29, 1.82) is 0 Å². The number of benzene rings is 4. The molecule has 1 aliphatic heterocycles. The number of aryl methyl sites for hydroxylation is 1. The second kappa shape index (κ2) is 10.7. The summed E-state index contributed by atoms with van der Waals surface area (Å²) in [7, 11) is 0. The maximum absolute atomic E-state index is 13.1. The summed E-state index contributed by atoms with van der Waals surface area (Å²) >= 11 is 0.921. The molecule has 0 radical (unpaired) electrons. The molecule has 1 heterocycles.